The van der Waals surface area contributed by atoms with Crippen LogP contribution in [0.2, 0.25) is 0 Å². The molecule has 4 heterocycles. The molecule has 31 nitrogen and oxygen atoms in total. The van der Waals surface area contributed by atoms with Crippen molar-refractivity contribution in [2.24, 2.45) is 5.14 Å². The molecule has 0 unspecified atom stereocenters. The summed E-state index contributed by atoms with van der Waals surface area (Å²) in [7, 11) is -2.35. The molecule has 0 bridgehead atoms. The third-order valence-corrected chi connectivity index (χ3v) is 19.8. The van der Waals surface area contributed by atoms with Crippen LogP contribution in [0, 0.1) is 10.1 Å². The Bertz CT molecular complexity index is 6330. The summed E-state index contributed by atoms with van der Waals surface area (Å²) in [4.78, 5) is 75.5. The first-order chi connectivity index (χ1) is 58.8. The molecule has 16 aromatic rings. The van der Waals surface area contributed by atoms with Crippen molar-refractivity contribution in [1.82, 2.24) is 59.8 Å². The van der Waals surface area contributed by atoms with E-state index in [2.05, 4.69) is 59.8 Å². The van der Waals surface area contributed by atoms with E-state index < -0.39 is 31.0 Å². The van der Waals surface area contributed by atoms with Crippen LogP contribution in [-0.2, 0) is 20.1 Å². The molecule has 0 spiro atoms. The molecular formula is C89H67N14NaO17S2. The summed E-state index contributed by atoms with van der Waals surface area (Å²) in [6.45, 7) is 0. The molecule has 123 heavy (non-hydrogen) atoms. The molecule has 0 fully saturated rings. The van der Waals surface area contributed by atoms with Gasteiger partial charge in [0.05, 0.1) is 71.0 Å². The van der Waals surface area contributed by atoms with Crippen LogP contribution >= 0.6 is 0 Å². The van der Waals surface area contributed by atoms with Crippen LogP contribution in [0.3, 0.4) is 0 Å². The first-order valence-electron chi connectivity index (χ1n) is 36.3. The fourth-order valence-electron chi connectivity index (χ4n) is 11.7. The first-order valence-corrected chi connectivity index (χ1v) is 39.3. The summed E-state index contributed by atoms with van der Waals surface area (Å²) in [6.07, 6.45) is 0. The summed E-state index contributed by atoms with van der Waals surface area (Å²) >= 11 is 0. The minimum Gasteiger partial charge on any atom is -0.744 e. The summed E-state index contributed by atoms with van der Waals surface area (Å²) in [5.74, 6) is 4.80. The van der Waals surface area contributed by atoms with Gasteiger partial charge in [0.1, 0.15) is 56.1 Å². The number of aromatic hydroxyl groups is 4. The van der Waals surface area contributed by atoms with Gasteiger partial charge in [-0.25, -0.2) is 86.6 Å². The summed E-state index contributed by atoms with van der Waals surface area (Å²) in [5.41, 5.74) is 7.12. The van der Waals surface area contributed by atoms with Gasteiger partial charge < -0.3 is 49.0 Å². The zero-order valence-electron chi connectivity index (χ0n) is 65.6. The molecule has 0 aliphatic heterocycles. The molecule has 0 saturated heterocycles. The predicted molar refractivity (Wildman–Crippen MR) is 450 cm³/mol. The monoisotopic (exact) mass is 1690 g/mol. The van der Waals surface area contributed by atoms with Gasteiger partial charge in [-0.15, -0.1) is 0 Å². The van der Waals surface area contributed by atoms with Gasteiger partial charge in [0.15, 0.2) is 69.9 Å². The van der Waals surface area contributed by atoms with Gasteiger partial charge in [0.2, 0.25) is 10.0 Å². The zero-order chi connectivity index (χ0) is 86.2. The van der Waals surface area contributed by atoms with E-state index in [0.29, 0.717) is 114 Å². The fraction of sp³-hybridized carbons (Fsp3) is 0.0449. The van der Waals surface area contributed by atoms with Gasteiger partial charge >= 0.3 is 35.5 Å². The van der Waals surface area contributed by atoms with E-state index in [1.54, 1.807) is 84.9 Å². The number of ether oxygens (including phenoxy) is 4. The number of methoxy groups -OCH3 is 4. The van der Waals surface area contributed by atoms with E-state index >= 15 is 0 Å². The maximum Gasteiger partial charge on any atom is 1.00 e. The van der Waals surface area contributed by atoms with Crippen LogP contribution in [0.1, 0.15) is 10.4 Å². The number of nitrogens with zero attached hydrogens (tertiary/aromatic N) is 13. The van der Waals surface area contributed by atoms with E-state index in [-0.39, 0.29) is 96.9 Å². The Morgan fingerprint density at radius 2 is 0.528 bits per heavy atom. The molecule has 608 valence electrons. The summed E-state index contributed by atoms with van der Waals surface area (Å²) in [5, 5.41) is 67.0. The minimum atomic E-state index is -4.56. The van der Waals surface area contributed by atoms with Crippen LogP contribution in [0.5, 0.6) is 46.0 Å². The summed E-state index contributed by atoms with van der Waals surface area (Å²) < 4.78 is 77.3. The number of nitro benzene ring substituents is 1. The number of sulfonamides is 1. The number of carboxylic acids is 1. The van der Waals surface area contributed by atoms with Crippen molar-refractivity contribution in [1.29, 1.82) is 0 Å². The molecule has 0 atom stereocenters. The second-order valence-electron chi connectivity index (χ2n) is 26.0. The predicted octanol–water partition coefficient (Wildman–Crippen LogP) is 12.5. The number of hydrogen-bond acceptors (Lipinski definition) is 28. The van der Waals surface area contributed by atoms with Gasteiger partial charge in [-0.05, 0) is 121 Å². The smallest absolute Gasteiger partial charge is 0.744 e. The molecule has 4 aromatic heterocycles. The number of primary sulfonamides is 1. The Hall–Kier alpha value is -15.2. The molecule has 0 saturated carbocycles. The maximum atomic E-state index is 11.5. The van der Waals surface area contributed by atoms with Crippen LogP contribution in [-0.4, -0.2) is 146 Å². The number of aromatic carboxylic acids is 1. The van der Waals surface area contributed by atoms with Gasteiger partial charge in [0, 0.05) is 80.9 Å². The normalized spacial score (nSPS) is 10.8. The van der Waals surface area contributed by atoms with Crippen molar-refractivity contribution in [2.45, 2.75) is 9.79 Å². The average Bonchev–Trinajstić information content (AvgIpc) is 0.804. The Balaban J connectivity index is 0.000000149. The fourth-order valence-corrected chi connectivity index (χ4v) is 12.7. The van der Waals surface area contributed by atoms with E-state index in [1.165, 1.54) is 113 Å². The second kappa shape index (κ2) is 39.1. The van der Waals surface area contributed by atoms with E-state index in [9.17, 15) is 56.7 Å². The number of hydrogen-bond donors (Lipinski definition) is 6. The molecule has 0 amide bonds. The standard InChI is InChI=1S/C23H17N3O4.C22H18N4O4S.C22H16N4O4.C22H17N3O5S.Na/c1-30-17-11-12-18(19(27)13-17)22-25-20(14-5-3-2-4-6-14)24-21(26-22)15-7-9-16(10-8-15)23(28)29;1-30-16-9-12-18(19(27)13-16)22-25-20(14-5-3-2-4-6-14)24-21(26-22)15-7-10-17(11-8-15)31(23,28)29;1-30-17-11-12-18(19(27)13-17)22-24-20(14-5-3-2-4-6-14)23-21(25-22)15-7-9-16(10-8-15)26(28)29;1-30-16-9-12-18(19(26)13-16)22-24-20(14-5-3-2-4-6-14)23-21(25-22)15-7-10-17(11-8-15)31(27,28)29;/h2-13,27H,1H3,(H,28,29);2-13,27H,1H3,(H2,23,28,29);2-13,27H,1H3;2-13,26H,1H3,(H,27,28,29);/q;;;;+1/p-1. The number of nitrogens with two attached hydrogens (primary N) is 1. The van der Waals surface area contributed by atoms with Gasteiger partial charge in [0.25, 0.3) is 5.69 Å². The zero-order valence-corrected chi connectivity index (χ0v) is 69.2. The van der Waals surface area contributed by atoms with Gasteiger partial charge in [-0.3, -0.25) is 10.1 Å². The number of rotatable bonds is 20. The quantitative estimate of drug-likeness (QED) is 0.0179. The Morgan fingerprint density at radius 1 is 0.317 bits per heavy atom. The number of benzene rings is 12. The number of phenolic OH excluding ortho intramolecular Hbond substituents is 4. The first kappa shape index (κ1) is 87.1. The number of carbonyl (C=O) groups is 1. The van der Waals surface area contributed by atoms with Crippen molar-refractivity contribution in [2.75, 3.05) is 28.4 Å². The van der Waals surface area contributed by atoms with E-state index in [1.807, 2.05) is 121 Å². The minimum absolute atomic E-state index is 0. The Morgan fingerprint density at radius 3 is 0.732 bits per heavy atom. The molecule has 34 heteroatoms. The largest absolute Gasteiger partial charge is 1.00 e. The van der Waals surface area contributed by atoms with E-state index in [0.717, 1.165) is 22.3 Å². The SMILES string of the molecule is COc1ccc(-c2nc(-c3ccccc3)nc(-c3ccc(C(=O)O)cc3)n2)c(O)c1.COc1ccc(-c2nc(-c3ccccc3)nc(-c3ccc(S(=O)(=O)[O-])cc3)n2)c(O)c1.COc1ccc(-c2nc(-c3ccccc3)nc(-c3ccc(S(N)(=O)=O)cc3)n2)c(O)c1.COc1ccc(-c2nc(-c3ccccc3)nc(-c3ccc([N+](=O)[O-])cc3)n2)c(O)c1.[Na+]. The van der Waals surface area contributed by atoms with Crippen molar-refractivity contribution in [3.63, 3.8) is 0 Å². The molecule has 7 N–H and O–H groups in total. The third-order valence-electron chi connectivity index (χ3n) is 18.0. The molecule has 0 aliphatic carbocycles. The number of carboxylic acid groups (broad SMARTS) is 1. The Kier molecular flexibility index (Phi) is 27.7. The van der Waals surface area contributed by atoms with Crippen LogP contribution in [0.25, 0.3) is 137 Å². The van der Waals surface area contributed by atoms with Crippen molar-refractivity contribution < 1.29 is 105 Å². The third kappa shape index (κ3) is 21.6. The number of nitro groups is 1. The van der Waals surface area contributed by atoms with Crippen molar-refractivity contribution in [3.8, 4) is 183 Å². The van der Waals surface area contributed by atoms with Crippen molar-refractivity contribution in [3.05, 3.63) is 307 Å². The van der Waals surface area contributed by atoms with Crippen LogP contribution in [0.4, 0.5) is 5.69 Å². The maximum absolute atomic E-state index is 11.5. The topological polar surface area (TPSA) is 470 Å². The molecule has 12 aromatic carbocycles. The number of aromatic nitrogens is 12. The van der Waals surface area contributed by atoms with Crippen LogP contribution < -0.4 is 53.6 Å². The molecular weight excluding hydrogens is 1620 g/mol. The summed E-state index contributed by atoms with van der Waals surface area (Å²) in [6, 6.07) is 80.1. The Labute approximate surface area is 724 Å². The van der Waals surface area contributed by atoms with Crippen molar-refractivity contribution >= 4 is 31.8 Å². The van der Waals surface area contributed by atoms with Gasteiger partial charge in [-0.2, -0.15) is 0 Å². The van der Waals surface area contributed by atoms with E-state index in [4.69, 9.17) is 29.2 Å². The average molecular weight is 1690 g/mol. The molecule has 16 rings (SSSR count). The van der Waals surface area contributed by atoms with Gasteiger partial charge in [-0.1, -0.05) is 133 Å². The van der Waals surface area contributed by atoms with Crippen LogP contribution in [0.15, 0.2) is 301 Å². The second-order valence-corrected chi connectivity index (χ2v) is 28.9. The molecule has 0 radical (unpaired) electrons. The number of non-ortho nitro benzene ring substituents is 1. The number of phenols is 4. The molecule has 0 aliphatic rings.